The molecule has 2 unspecified atom stereocenters. The van der Waals surface area contributed by atoms with Crippen molar-refractivity contribution in [2.45, 2.75) is 25.7 Å². The lowest BCUT2D eigenvalue weighted by Crippen LogP contribution is -2.37. The number of hydrogen-bond acceptors (Lipinski definition) is 3. The summed E-state index contributed by atoms with van der Waals surface area (Å²) >= 11 is 0. The largest absolute Gasteiger partial charge is 0.379 e. The summed E-state index contributed by atoms with van der Waals surface area (Å²) in [7, 11) is 0. The standard InChI is InChI=1S/C14H26N2O/c1-3-12-13(4-1)14(12)11-15-5-2-6-16-7-9-17-10-8-16/h12-15H,1-11H2. The predicted molar refractivity (Wildman–Crippen MR) is 69.1 cm³/mol. The van der Waals surface area contributed by atoms with Crippen LogP contribution in [0.4, 0.5) is 0 Å². The molecule has 2 aliphatic carbocycles. The summed E-state index contributed by atoms with van der Waals surface area (Å²) in [4.78, 5) is 2.52. The van der Waals surface area contributed by atoms with E-state index in [-0.39, 0.29) is 0 Å². The van der Waals surface area contributed by atoms with Crippen LogP contribution in [-0.4, -0.2) is 50.8 Å². The van der Waals surface area contributed by atoms with E-state index < -0.39 is 0 Å². The Hall–Kier alpha value is -0.120. The fraction of sp³-hybridized carbons (Fsp3) is 1.00. The van der Waals surface area contributed by atoms with Crippen LogP contribution in [0.1, 0.15) is 25.7 Å². The van der Waals surface area contributed by atoms with Gasteiger partial charge in [0.15, 0.2) is 0 Å². The minimum Gasteiger partial charge on any atom is -0.379 e. The Labute approximate surface area is 105 Å². The minimum absolute atomic E-state index is 0.929. The molecule has 17 heavy (non-hydrogen) atoms. The molecule has 2 atom stereocenters. The number of hydrogen-bond donors (Lipinski definition) is 1. The first-order chi connectivity index (χ1) is 8.45. The summed E-state index contributed by atoms with van der Waals surface area (Å²) in [6.07, 6.45) is 5.83. The van der Waals surface area contributed by atoms with Gasteiger partial charge in [0, 0.05) is 13.1 Å². The molecular formula is C14H26N2O. The molecule has 1 aliphatic heterocycles. The van der Waals surface area contributed by atoms with Crippen LogP contribution in [0, 0.1) is 17.8 Å². The van der Waals surface area contributed by atoms with Crippen LogP contribution in [0.2, 0.25) is 0 Å². The molecule has 1 heterocycles. The lowest BCUT2D eigenvalue weighted by Gasteiger charge is -2.26. The van der Waals surface area contributed by atoms with E-state index in [1.54, 1.807) is 0 Å². The molecule has 0 aromatic heterocycles. The highest BCUT2D eigenvalue weighted by atomic mass is 16.5. The lowest BCUT2D eigenvalue weighted by atomic mass is 10.1. The normalized spacial score (nSPS) is 37.1. The molecule has 2 saturated carbocycles. The number of rotatable bonds is 6. The molecule has 3 nitrogen and oxygen atoms in total. The quantitative estimate of drug-likeness (QED) is 0.707. The van der Waals surface area contributed by atoms with Crippen LogP contribution in [-0.2, 0) is 4.74 Å². The topological polar surface area (TPSA) is 24.5 Å². The van der Waals surface area contributed by atoms with Crippen molar-refractivity contribution < 1.29 is 4.74 Å². The molecule has 1 N–H and O–H groups in total. The number of ether oxygens (including phenoxy) is 1. The molecule has 3 aliphatic rings. The zero-order valence-electron chi connectivity index (χ0n) is 10.9. The first-order valence-electron chi connectivity index (χ1n) is 7.46. The second-order valence-electron chi connectivity index (χ2n) is 5.93. The molecule has 0 spiro atoms. The maximum atomic E-state index is 5.35. The maximum absolute atomic E-state index is 5.35. The van der Waals surface area contributed by atoms with E-state index in [4.69, 9.17) is 4.74 Å². The first-order valence-corrected chi connectivity index (χ1v) is 7.46. The van der Waals surface area contributed by atoms with Gasteiger partial charge < -0.3 is 10.1 Å². The van der Waals surface area contributed by atoms with E-state index in [9.17, 15) is 0 Å². The maximum Gasteiger partial charge on any atom is 0.0594 e. The van der Waals surface area contributed by atoms with Gasteiger partial charge in [-0.05, 0) is 56.7 Å². The van der Waals surface area contributed by atoms with E-state index in [1.807, 2.05) is 0 Å². The van der Waals surface area contributed by atoms with Crippen LogP contribution in [0.15, 0.2) is 0 Å². The lowest BCUT2D eigenvalue weighted by molar-refractivity contribution is 0.0374. The summed E-state index contributed by atoms with van der Waals surface area (Å²) in [5, 5.41) is 3.66. The zero-order chi connectivity index (χ0) is 11.5. The van der Waals surface area contributed by atoms with Gasteiger partial charge in [0.25, 0.3) is 0 Å². The second-order valence-corrected chi connectivity index (χ2v) is 5.93. The Morgan fingerprint density at radius 1 is 1.12 bits per heavy atom. The van der Waals surface area contributed by atoms with Crippen LogP contribution in [0.5, 0.6) is 0 Å². The van der Waals surface area contributed by atoms with Crippen molar-refractivity contribution >= 4 is 0 Å². The van der Waals surface area contributed by atoms with Gasteiger partial charge in [-0.15, -0.1) is 0 Å². The third-order valence-electron chi connectivity index (χ3n) is 4.90. The highest BCUT2D eigenvalue weighted by molar-refractivity contribution is 5.01. The second kappa shape index (κ2) is 5.68. The number of nitrogens with one attached hydrogen (secondary N) is 1. The molecule has 3 heteroatoms. The molecule has 0 aromatic rings. The number of morpholine rings is 1. The van der Waals surface area contributed by atoms with Crippen molar-refractivity contribution in [3.05, 3.63) is 0 Å². The van der Waals surface area contributed by atoms with Crippen LogP contribution in [0.3, 0.4) is 0 Å². The van der Waals surface area contributed by atoms with Gasteiger partial charge in [-0.2, -0.15) is 0 Å². The number of nitrogens with zero attached hydrogens (tertiary/aromatic N) is 1. The van der Waals surface area contributed by atoms with E-state index >= 15 is 0 Å². The van der Waals surface area contributed by atoms with Gasteiger partial charge in [-0.3, -0.25) is 4.90 Å². The molecule has 0 amide bonds. The predicted octanol–water partition coefficient (Wildman–Crippen LogP) is 1.34. The van der Waals surface area contributed by atoms with Crippen molar-refractivity contribution in [2.75, 3.05) is 45.9 Å². The molecule has 3 rings (SSSR count). The summed E-state index contributed by atoms with van der Waals surface area (Å²) < 4.78 is 5.35. The Balaban J connectivity index is 1.19. The summed E-state index contributed by atoms with van der Waals surface area (Å²) in [5.41, 5.74) is 0. The number of fused-ring (bicyclic) bond motifs is 1. The van der Waals surface area contributed by atoms with E-state index in [1.165, 1.54) is 45.3 Å². The molecule has 3 fully saturated rings. The smallest absolute Gasteiger partial charge is 0.0594 e. The van der Waals surface area contributed by atoms with E-state index in [2.05, 4.69) is 10.2 Å². The van der Waals surface area contributed by atoms with Crippen molar-refractivity contribution in [2.24, 2.45) is 17.8 Å². The highest BCUT2D eigenvalue weighted by Gasteiger charge is 2.51. The Morgan fingerprint density at radius 3 is 2.65 bits per heavy atom. The zero-order valence-corrected chi connectivity index (χ0v) is 10.9. The fourth-order valence-electron chi connectivity index (χ4n) is 3.79. The molecule has 1 saturated heterocycles. The average Bonchev–Trinajstić information content (AvgIpc) is 2.82. The molecule has 0 radical (unpaired) electrons. The summed E-state index contributed by atoms with van der Waals surface area (Å²) in [6, 6.07) is 0. The third kappa shape index (κ3) is 3.01. The highest BCUT2D eigenvalue weighted by Crippen LogP contribution is 2.56. The van der Waals surface area contributed by atoms with Gasteiger partial charge in [-0.25, -0.2) is 0 Å². The Kier molecular flexibility index (Phi) is 3.99. The van der Waals surface area contributed by atoms with Crippen LogP contribution < -0.4 is 5.32 Å². The van der Waals surface area contributed by atoms with Gasteiger partial charge >= 0.3 is 0 Å². The molecule has 0 aromatic carbocycles. The van der Waals surface area contributed by atoms with Crippen molar-refractivity contribution in [1.29, 1.82) is 0 Å². The Bertz CT molecular complexity index is 226. The molecule has 0 bridgehead atoms. The monoisotopic (exact) mass is 238 g/mol. The molecule has 98 valence electrons. The van der Waals surface area contributed by atoms with Crippen LogP contribution >= 0.6 is 0 Å². The first kappa shape index (κ1) is 11.9. The van der Waals surface area contributed by atoms with Gasteiger partial charge in [0.05, 0.1) is 13.2 Å². The van der Waals surface area contributed by atoms with E-state index in [0.717, 1.165) is 44.1 Å². The SMILES string of the molecule is C1CC2C(C1)C2CNCCCN1CCOCC1. The Morgan fingerprint density at radius 2 is 1.88 bits per heavy atom. The molecular weight excluding hydrogens is 212 g/mol. The van der Waals surface area contributed by atoms with Crippen molar-refractivity contribution in [3.63, 3.8) is 0 Å². The average molecular weight is 238 g/mol. The third-order valence-corrected chi connectivity index (χ3v) is 4.90. The van der Waals surface area contributed by atoms with Gasteiger partial charge in [-0.1, -0.05) is 6.42 Å². The minimum atomic E-state index is 0.929. The van der Waals surface area contributed by atoms with Crippen molar-refractivity contribution in [1.82, 2.24) is 10.2 Å². The summed E-state index contributed by atoms with van der Waals surface area (Å²) in [6.45, 7) is 7.86. The fourth-order valence-corrected chi connectivity index (χ4v) is 3.79. The van der Waals surface area contributed by atoms with E-state index in [0.29, 0.717) is 0 Å². The summed E-state index contributed by atoms with van der Waals surface area (Å²) in [5.74, 6) is 3.27. The van der Waals surface area contributed by atoms with Gasteiger partial charge in [0.2, 0.25) is 0 Å². The van der Waals surface area contributed by atoms with Crippen LogP contribution in [0.25, 0.3) is 0 Å². The van der Waals surface area contributed by atoms with Crippen molar-refractivity contribution in [3.8, 4) is 0 Å². The van der Waals surface area contributed by atoms with Gasteiger partial charge in [0.1, 0.15) is 0 Å².